The number of carbonyl (C=O) groups is 1. The highest BCUT2D eigenvalue weighted by atomic mass is 19.3. The number of benzene rings is 1. The van der Waals surface area contributed by atoms with Crippen molar-refractivity contribution < 1.29 is 23.4 Å². The van der Waals surface area contributed by atoms with Gasteiger partial charge in [0.15, 0.2) is 0 Å². The molecule has 22 heavy (non-hydrogen) atoms. The van der Waals surface area contributed by atoms with Crippen LogP contribution in [0.1, 0.15) is 18.0 Å². The number of hydrogen-bond donors (Lipinski definition) is 1. The van der Waals surface area contributed by atoms with E-state index in [0.717, 1.165) is 0 Å². The summed E-state index contributed by atoms with van der Waals surface area (Å²) in [5, 5.41) is 13.1. The molecule has 0 saturated heterocycles. The fraction of sp³-hybridized carbons (Fsp3) is 0.333. The van der Waals surface area contributed by atoms with E-state index in [1.54, 1.807) is 24.3 Å². The zero-order chi connectivity index (χ0) is 15.9. The molecular weight excluding hydrogens is 294 g/mol. The van der Waals surface area contributed by atoms with Crippen molar-refractivity contribution >= 4 is 5.97 Å². The number of nitrogens with zero attached hydrogens (tertiary/aromatic N) is 2. The van der Waals surface area contributed by atoms with Crippen LogP contribution >= 0.6 is 0 Å². The van der Waals surface area contributed by atoms with Gasteiger partial charge in [-0.25, -0.2) is 8.78 Å². The van der Waals surface area contributed by atoms with Gasteiger partial charge < -0.3 is 9.84 Å². The molecule has 1 fully saturated rings. The quantitative estimate of drug-likeness (QED) is 0.922. The van der Waals surface area contributed by atoms with E-state index in [0.29, 0.717) is 22.6 Å². The lowest BCUT2D eigenvalue weighted by atomic mass is 10.0. The first-order chi connectivity index (χ1) is 10.4. The van der Waals surface area contributed by atoms with E-state index in [9.17, 15) is 13.6 Å². The molecule has 0 aliphatic heterocycles. The van der Waals surface area contributed by atoms with Crippen LogP contribution in [0.5, 0.6) is 5.75 Å². The third-order valence-corrected chi connectivity index (χ3v) is 3.64. The lowest BCUT2D eigenvalue weighted by Crippen LogP contribution is -2.03. The Morgan fingerprint density at radius 3 is 2.82 bits per heavy atom. The molecule has 0 bridgehead atoms. The Hall–Kier alpha value is -2.44. The summed E-state index contributed by atoms with van der Waals surface area (Å²) in [6, 6.07) is 5.80. The molecule has 0 radical (unpaired) electrons. The van der Waals surface area contributed by atoms with E-state index < -0.39 is 17.9 Å². The monoisotopic (exact) mass is 308 g/mol. The Bertz CT molecular complexity index is 727. The molecule has 1 unspecified atom stereocenters. The normalized spacial score (nSPS) is 19.0. The average Bonchev–Trinajstić information content (AvgIpc) is 2.88. The number of alkyl halides is 2. The van der Waals surface area contributed by atoms with Gasteiger partial charge in [-0.2, -0.15) is 5.10 Å². The Morgan fingerprint density at radius 2 is 2.23 bits per heavy atom. The van der Waals surface area contributed by atoms with Crippen LogP contribution in [0.15, 0.2) is 30.5 Å². The molecule has 1 atom stereocenters. The summed E-state index contributed by atoms with van der Waals surface area (Å²) < 4.78 is 32.5. The van der Waals surface area contributed by atoms with Gasteiger partial charge in [-0.15, -0.1) is 0 Å². The standard InChI is InChI=1S/C15H14F2N2O3/c1-22-12-3-2-9(6-10(12)7-14(20)21)11-4-5-19(18-11)13-8-15(13,16)17/h2-6,13H,7-8H2,1H3,(H,20,21). The summed E-state index contributed by atoms with van der Waals surface area (Å²) in [4.78, 5) is 10.9. The van der Waals surface area contributed by atoms with Crippen LogP contribution in [0.4, 0.5) is 8.78 Å². The van der Waals surface area contributed by atoms with Gasteiger partial charge in [0.1, 0.15) is 11.8 Å². The van der Waals surface area contributed by atoms with Gasteiger partial charge in [0.2, 0.25) is 0 Å². The van der Waals surface area contributed by atoms with E-state index in [2.05, 4.69) is 5.10 Å². The number of methoxy groups -OCH3 is 1. The predicted octanol–water partition coefficient (Wildman–Crippen LogP) is 2.77. The number of aliphatic carboxylic acids is 1. The first-order valence-electron chi connectivity index (χ1n) is 6.73. The van der Waals surface area contributed by atoms with Crippen molar-refractivity contribution in [2.45, 2.75) is 24.8 Å². The van der Waals surface area contributed by atoms with E-state index in [1.165, 1.54) is 18.0 Å². The smallest absolute Gasteiger partial charge is 0.307 e. The van der Waals surface area contributed by atoms with Gasteiger partial charge in [-0.05, 0) is 24.3 Å². The predicted molar refractivity (Wildman–Crippen MR) is 74.2 cm³/mol. The van der Waals surface area contributed by atoms with Crippen LogP contribution in [-0.4, -0.2) is 33.9 Å². The molecule has 0 spiro atoms. The second kappa shape index (κ2) is 5.08. The molecule has 1 aliphatic rings. The summed E-state index contributed by atoms with van der Waals surface area (Å²) in [7, 11) is 1.46. The second-order valence-corrected chi connectivity index (χ2v) is 5.26. The molecule has 1 aliphatic carbocycles. The lowest BCUT2D eigenvalue weighted by molar-refractivity contribution is -0.136. The van der Waals surface area contributed by atoms with Crippen LogP contribution in [0.2, 0.25) is 0 Å². The van der Waals surface area contributed by atoms with Crippen LogP contribution < -0.4 is 4.74 Å². The number of carboxylic acid groups (broad SMARTS) is 1. The first-order valence-corrected chi connectivity index (χ1v) is 6.73. The number of ether oxygens (including phenoxy) is 1. The molecule has 1 saturated carbocycles. The van der Waals surface area contributed by atoms with Crippen molar-refractivity contribution in [2.24, 2.45) is 0 Å². The van der Waals surface area contributed by atoms with Crippen molar-refractivity contribution in [3.63, 3.8) is 0 Å². The van der Waals surface area contributed by atoms with Crippen molar-refractivity contribution in [1.29, 1.82) is 0 Å². The molecule has 0 amide bonds. The molecule has 2 aromatic rings. The number of halogens is 2. The summed E-state index contributed by atoms with van der Waals surface area (Å²) in [6.45, 7) is 0. The summed E-state index contributed by atoms with van der Waals surface area (Å²) in [6.07, 6.45) is 1.14. The average molecular weight is 308 g/mol. The number of hydrogen-bond acceptors (Lipinski definition) is 3. The number of rotatable bonds is 5. The van der Waals surface area contributed by atoms with E-state index >= 15 is 0 Å². The fourth-order valence-corrected chi connectivity index (χ4v) is 2.39. The van der Waals surface area contributed by atoms with Crippen LogP contribution in [0.25, 0.3) is 11.3 Å². The third kappa shape index (κ3) is 2.66. The molecule has 1 aromatic heterocycles. The Morgan fingerprint density at radius 1 is 1.50 bits per heavy atom. The summed E-state index contributed by atoms with van der Waals surface area (Å²) in [5.74, 6) is -3.18. The minimum Gasteiger partial charge on any atom is -0.496 e. The zero-order valence-corrected chi connectivity index (χ0v) is 11.8. The SMILES string of the molecule is COc1ccc(-c2ccn(C3CC3(F)F)n2)cc1CC(=O)O. The van der Waals surface area contributed by atoms with E-state index in [4.69, 9.17) is 9.84 Å². The van der Waals surface area contributed by atoms with Crippen molar-refractivity contribution in [3.05, 3.63) is 36.0 Å². The number of aromatic nitrogens is 2. The van der Waals surface area contributed by atoms with Crippen molar-refractivity contribution in [3.8, 4) is 17.0 Å². The zero-order valence-electron chi connectivity index (χ0n) is 11.8. The van der Waals surface area contributed by atoms with Crippen LogP contribution in [0, 0.1) is 0 Å². The maximum Gasteiger partial charge on any atom is 0.307 e. The van der Waals surface area contributed by atoms with Gasteiger partial charge in [0, 0.05) is 23.7 Å². The van der Waals surface area contributed by atoms with Crippen molar-refractivity contribution in [1.82, 2.24) is 9.78 Å². The van der Waals surface area contributed by atoms with Crippen LogP contribution in [-0.2, 0) is 11.2 Å². The first kappa shape index (κ1) is 14.5. The number of carboxylic acids is 1. The Kier molecular flexibility index (Phi) is 3.35. The largest absolute Gasteiger partial charge is 0.496 e. The highest BCUT2D eigenvalue weighted by molar-refractivity contribution is 5.73. The van der Waals surface area contributed by atoms with Crippen molar-refractivity contribution in [2.75, 3.05) is 7.11 Å². The van der Waals surface area contributed by atoms with Gasteiger partial charge in [0.05, 0.1) is 19.2 Å². The second-order valence-electron chi connectivity index (χ2n) is 5.26. The molecule has 116 valence electrons. The van der Waals surface area contributed by atoms with Gasteiger partial charge in [-0.3, -0.25) is 9.48 Å². The van der Waals surface area contributed by atoms with Crippen LogP contribution in [0.3, 0.4) is 0 Å². The summed E-state index contributed by atoms with van der Waals surface area (Å²) in [5.41, 5.74) is 1.70. The van der Waals surface area contributed by atoms with E-state index in [1.807, 2.05) is 0 Å². The molecule has 5 nitrogen and oxygen atoms in total. The maximum atomic E-state index is 13.1. The highest BCUT2D eigenvalue weighted by Gasteiger charge is 2.59. The minimum atomic E-state index is -2.68. The molecule has 3 rings (SSSR count). The van der Waals surface area contributed by atoms with Gasteiger partial charge >= 0.3 is 5.97 Å². The van der Waals surface area contributed by atoms with Gasteiger partial charge in [0.25, 0.3) is 5.92 Å². The summed E-state index contributed by atoms with van der Waals surface area (Å²) >= 11 is 0. The van der Waals surface area contributed by atoms with Gasteiger partial charge in [-0.1, -0.05) is 0 Å². The molecular formula is C15H14F2N2O3. The fourth-order valence-electron chi connectivity index (χ4n) is 2.39. The maximum absolute atomic E-state index is 13.1. The Labute approximate surface area is 125 Å². The Balaban J connectivity index is 1.90. The molecule has 1 heterocycles. The van der Waals surface area contributed by atoms with E-state index in [-0.39, 0.29) is 12.8 Å². The topological polar surface area (TPSA) is 64.4 Å². The molecule has 7 heteroatoms. The molecule has 1 aromatic carbocycles. The minimum absolute atomic E-state index is 0.182. The third-order valence-electron chi connectivity index (χ3n) is 3.64. The highest BCUT2D eigenvalue weighted by Crippen LogP contribution is 2.52. The molecule has 1 N–H and O–H groups in total. The lowest BCUT2D eigenvalue weighted by Gasteiger charge is -2.08.